The highest BCUT2D eigenvalue weighted by Crippen LogP contribution is 2.38. The highest BCUT2D eigenvalue weighted by atomic mass is 19.4. The summed E-state index contributed by atoms with van der Waals surface area (Å²) in [6.07, 6.45) is 0.595. The van der Waals surface area contributed by atoms with E-state index in [0.29, 0.717) is 35.6 Å². The Bertz CT molecular complexity index is 1420. The van der Waals surface area contributed by atoms with Crippen LogP contribution in [-0.4, -0.2) is 34.6 Å². The number of carbonyl (C=O) groups is 1. The number of benzene rings is 2. The van der Waals surface area contributed by atoms with Gasteiger partial charge < -0.3 is 19.5 Å². The standard InChI is InChI=1S/C28H27F3N4O4/c1-16-32-26(37-2)35-27(33-16)39-20-10-8-17-5-3-7-23(22(17)15-20)34-25(36)13-18-6-4-12-38-24-14-19(28(29,30)31)9-11-21(18)24/h8-11,13-15,23H,3-7,12H2,1-2H3,(H,34,36)/b18-13+. The maximum Gasteiger partial charge on any atom is 0.416 e. The van der Waals surface area contributed by atoms with Crippen LogP contribution in [-0.2, 0) is 17.4 Å². The number of amides is 1. The average molecular weight is 541 g/mol. The molecule has 1 aliphatic heterocycles. The predicted octanol–water partition coefficient (Wildman–Crippen LogP) is 5.75. The number of ether oxygens (including phenoxy) is 3. The fourth-order valence-electron chi connectivity index (χ4n) is 4.85. The molecular weight excluding hydrogens is 513 g/mol. The van der Waals surface area contributed by atoms with Gasteiger partial charge >= 0.3 is 18.2 Å². The fraction of sp³-hybridized carbons (Fsp3) is 0.357. The summed E-state index contributed by atoms with van der Waals surface area (Å²) < 4.78 is 56.1. The summed E-state index contributed by atoms with van der Waals surface area (Å²) in [6, 6.07) is 9.03. The fourth-order valence-corrected chi connectivity index (χ4v) is 4.85. The molecule has 2 heterocycles. The van der Waals surface area contributed by atoms with Crippen molar-refractivity contribution in [3.05, 3.63) is 70.6 Å². The maximum absolute atomic E-state index is 13.2. The van der Waals surface area contributed by atoms with E-state index >= 15 is 0 Å². The van der Waals surface area contributed by atoms with E-state index in [-0.39, 0.29) is 36.3 Å². The van der Waals surface area contributed by atoms with E-state index in [1.807, 2.05) is 18.2 Å². The van der Waals surface area contributed by atoms with Gasteiger partial charge in [0.2, 0.25) is 5.91 Å². The van der Waals surface area contributed by atoms with Gasteiger partial charge in [0, 0.05) is 11.6 Å². The van der Waals surface area contributed by atoms with Gasteiger partial charge in [-0.25, -0.2) is 0 Å². The van der Waals surface area contributed by atoms with Crippen molar-refractivity contribution in [3.63, 3.8) is 0 Å². The summed E-state index contributed by atoms with van der Waals surface area (Å²) in [5, 5.41) is 3.07. The second-order valence-corrected chi connectivity index (χ2v) is 9.40. The molecule has 8 nitrogen and oxygen atoms in total. The van der Waals surface area contributed by atoms with Crippen LogP contribution in [0.3, 0.4) is 0 Å². The summed E-state index contributed by atoms with van der Waals surface area (Å²) >= 11 is 0. The molecule has 0 fully saturated rings. The first-order chi connectivity index (χ1) is 18.7. The zero-order chi connectivity index (χ0) is 27.6. The third kappa shape index (κ3) is 6.13. The van der Waals surface area contributed by atoms with Gasteiger partial charge in [-0.05, 0) is 80.0 Å². The van der Waals surface area contributed by atoms with Crippen LogP contribution < -0.4 is 19.5 Å². The van der Waals surface area contributed by atoms with Crippen LogP contribution in [0.15, 0.2) is 42.5 Å². The van der Waals surface area contributed by atoms with Crippen molar-refractivity contribution in [2.45, 2.75) is 51.2 Å². The Hall–Kier alpha value is -4.15. The molecule has 1 N–H and O–H groups in total. The molecular formula is C28H27F3N4O4. The van der Waals surface area contributed by atoms with Crippen LogP contribution in [0, 0.1) is 6.92 Å². The van der Waals surface area contributed by atoms with Crippen molar-refractivity contribution in [1.29, 1.82) is 0 Å². The van der Waals surface area contributed by atoms with Crippen molar-refractivity contribution < 1.29 is 32.2 Å². The number of nitrogens with one attached hydrogen (secondary N) is 1. The Balaban J connectivity index is 1.36. The van der Waals surface area contributed by atoms with Crippen molar-refractivity contribution in [2.24, 2.45) is 0 Å². The van der Waals surface area contributed by atoms with Crippen molar-refractivity contribution in [1.82, 2.24) is 20.3 Å². The minimum Gasteiger partial charge on any atom is -0.493 e. The van der Waals surface area contributed by atoms with Crippen molar-refractivity contribution >= 4 is 11.5 Å². The lowest BCUT2D eigenvalue weighted by molar-refractivity contribution is -0.137. The van der Waals surface area contributed by atoms with Crippen LogP contribution in [0.25, 0.3) is 5.57 Å². The smallest absolute Gasteiger partial charge is 0.416 e. The Labute approximate surface area is 223 Å². The molecule has 1 aliphatic carbocycles. The number of aromatic nitrogens is 3. The molecule has 1 unspecified atom stereocenters. The molecule has 11 heteroatoms. The van der Waals surface area contributed by atoms with Gasteiger partial charge in [-0.15, -0.1) is 4.98 Å². The van der Waals surface area contributed by atoms with Gasteiger partial charge in [-0.1, -0.05) is 12.1 Å². The number of halogens is 3. The largest absolute Gasteiger partial charge is 0.493 e. The topological polar surface area (TPSA) is 95.5 Å². The number of allylic oxidation sites excluding steroid dienone is 1. The van der Waals surface area contributed by atoms with Gasteiger partial charge in [-0.2, -0.15) is 23.1 Å². The molecule has 2 aliphatic rings. The van der Waals surface area contributed by atoms with Crippen LogP contribution in [0.5, 0.6) is 23.5 Å². The maximum atomic E-state index is 13.2. The van der Waals surface area contributed by atoms with Gasteiger partial charge in [-0.3, -0.25) is 4.79 Å². The predicted molar refractivity (Wildman–Crippen MR) is 136 cm³/mol. The molecule has 0 saturated heterocycles. The highest BCUT2D eigenvalue weighted by Gasteiger charge is 2.32. The van der Waals surface area contributed by atoms with Crippen molar-refractivity contribution in [3.8, 4) is 23.5 Å². The van der Waals surface area contributed by atoms with Gasteiger partial charge in [0.15, 0.2) is 0 Å². The molecule has 2 aromatic carbocycles. The summed E-state index contributed by atoms with van der Waals surface area (Å²) in [7, 11) is 1.46. The minimum atomic E-state index is -4.47. The molecule has 39 heavy (non-hydrogen) atoms. The van der Waals surface area contributed by atoms with E-state index in [4.69, 9.17) is 14.2 Å². The van der Waals surface area contributed by atoms with Gasteiger partial charge in [0.05, 0.1) is 25.3 Å². The molecule has 5 rings (SSSR count). The number of methoxy groups -OCH3 is 1. The normalized spacial score (nSPS) is 17.9. The molecule has 3 aromatic rings. The monoisotopic (exact) mass is 540 g/mol. The number of aryl methyl sites for hydroxylation is 2. The molecule has 204 valence electrons. The zero-order valence-corrected chi connectivity index (χ0v) is 21.5. The lowest BCUT2D eigenvalue weighted by Crippen LogP contribution is -2.29. The number of hydrogen-bond acceptors (Lipinski definition) is 7. The molecule has 0 bridgehead atoms. The first-order valence-electron chi connectivity index (χ1n) is 12.6. The van der Waals surface area contributed by atoms with E-state index in [0.717, 1.165) is 42.5 Å². The highest BCUT2D eigenvalue weighted by molar-refractivity contribution is 5.96. The van der Waals surface area contributed by atoms with E-state index < -0.39 is 11.7 Å². The molecule has 0 radical (unpaired) electrons. The SMILES string of the molecule is COc1nc(C)nc(Oc2ccc3c(c2)C(NC(=O)/C=C2\CCCOc4cc(C(F)(F)F)ccc42)CCC3)n1. The van der Waals surface area contributed by atoms with Crippen molar-refractivity contribution in [2.75, 3.05) is 13.7 Å². The first-order valence-corrected chi connectivity index (χ1v) is 12.6. The number of nitrogens with zero attached hydrogens (tertiary/aromatic N) is 3. The third-order valence-corrected chi connectivity index (χ3v) is 6.65. The van der Waals surface area contributed by atoms with Crippen LogP contribution >= 0.6 is 0 Å². The number of hydrogen-bond donors (Lipinski definition) is 1. The van der Waals surface area contributed by atoms with Crippen LogP contribution in [0.2, 0.25) is 0 Å². The zero-order valence-electron chi connectivity index (χ0n) is 21.5. The second-order valence-electron chi connectivity index (χ2n) is 9.40. The minimum absolute atomic E-state index is 0.100. The van der Waals surface area contributed by atoms with Crippen LogP contribution in [0.1, 0.15) is 59.8 Å². The Morgan fingerprint density at radius 3 is 2.69 bits per heavy atom. The molecule has 1 atom stereocenters. The third-order valence-electron chi connectivity index (χ3n) is 6.65. The number of fused-ring (bicyclic) bond motifs is 2. The van der Waals surface area contributed by atoms with E-state index in [2.05, 4.69) is 20.3 Å². The Kier molecular flexibility index (Phi) is 7.40. The molecule has 1 amide bonds. The summed E-state index contributed by atoms with van der Waals surface area (Å²) in [5.41, 5.74) is 2.39. The van der Waals surface area contributed by atoms with E-state index in [1.165, 1.54) is 19.3 Å². The molecule has 0 spiro atoms. The van der Waals surface area contributed by atoms with Gasteiger partial charge in [0.25, 0.3) is 0 Å². The quantitative estimate of drug-likeness (QED) is 0.412. The Morgan fingerprint density at radius 1 is 1.08 bits per heavy atom. The van der Waals surface area contributed by atoms with Gasteiger partial charge in [0.1, 0.15) is 17.3 Å². The van der Waals surface area contributed by atoms with E-state index in [9.17, 15) is 18.0 Å². The molecule has 0 saturated carbocycles. The lowest BCUT2D eigenvalue weighted by atomic mass is 9.87. The first kappa shape index (κ1) is 26.5. The Morgan fingerprint density at radius 2 is 1.90 bits per heavy atom. The van der Waals surface area contributed by atoms with E-state index in [1.54, 1.807) is 6.92 Å². The lowest BCUT2D eigenvalue weighted by Gasteiger charge is -2.26. The number of rotatable bonds is 5. The summed E-state index contributed by atoms with van der Waals surface area (Å²) in [4.78, 5) is 25.5. The number of alkyl halides is 3. The molecule has 1 aromatic heterocycles. The summed E-state index contributed by atoms with van der Waals surface area (Å²) in [5.74, 6) is 0.778. The van der Waals surface area contributed by atoms with Crippen LogP contribution in [0.4, 0.5) is 13.2 Å². The summed E-state index contributed by atoms with van der Waals surface area (Å²) in [6.45, 7) is 1.98. The second kappa shape index (κ2) is 10.9. The number of carbonyl (C=O) groups excluding carboxylic acids is 1. The average Bonchev–Trinajstić information content (AvgIpc) is 3.09.